The van der Waals surface area contributed by atoms with E-state index in [0.717, 1.165) is 32.4 Å². The number of esters is 1. The van der Waals surface area contributed by atoms with Crippen molar-refractivity contribution in [2.75, 3.05) is 26.2 Å². The predicted molar refractivity (Wildman–Crippen MR) is 123 cm³/mol. The Morgan fingerprint density at radius 1 is 1.00 bits per heavy atom. The molecule has 0 heterocycles. The molecule has 0 amide bonds. The molecule has 1 aromatic carbocycles. The molecule has 0 saturated heterocycles. The van der Waals surface area contributed by atoms with Gasteiger partial charge < -0.3 is 9.64 Å². The van der Waals surface area contributed by atoms with Gasteiger partial charge in [0.1, 0.15) is 0 Å². The van der Waals surface area contributed by atoms with E-state index in [1.54, 1.807) is 24.3 Å². The molecule has 30 heavy (non-hydrogen) atoms. The van der Waals surface area contributed by atoms with Gasteiger partial charge in [0.05, 0.1) is 11.5 Å². The molecule has 0 aromatic heterocycles. The van der Waals surface area contributed by atoms with Crippen LogP contribution in [0.15, 0.2) is 46.2 Å². The number of carbonyl (C=O) groups is 1. The fraction of sp³-hybridized carbons (Fsp3) is 0.625. The predicted octanol–water partition coefficient (Wildman–Crippen LogP) is 5.23. The Hall–Kier alpha value is -1.66. The first-order valence-electron chi connectivity index (χ1n) is 11.3. The minimum absolute atomic E-state index is 0.0972. The van der Waals surface area contributed by atoms with E-state index in [2.05, 4.69) is 25.7 Å². The molecular weight excluding hydrogens is 398 g/mol. The number of benzene rings is 1. The molecule has 1 unspecified atom stereocenters. The summed E-state index contributed by atoms with van der Waals surface area (Å²) in [7, 11) is -3.93. The van der Waals surface area contributed by atoms with Crippen molar-refractivity contribution in [3.05, 3.63) is 41.3 Å². The Morgan fingerprint density at radius 3 is 2.20 bits per heavy atom. The summed E-state index contributed by atoms with van der Waals surface area (Å²) in [5.41, 5.74) is 0. The Balaban J connectivity index is 2.92. The summed E-state index contributed by atoms with van der Waals surface area (Å²) in [6.07, 6.45) is 7.99. The van der Waals surface area contributed by atoms with Gasteiger partial charge in [-0.1, -0.05) is 84.1 Å². The van der Waals surface area contributed by atoms with E-state index < -0.39 is 15.8 Å². The fourth-order valence-corrected chi connectivity index (χ4v) is 4.77. The lowest BCUT2D eigenvalue weighted by molar-refractivity contribution is -0.138. The molecule has 170 valence electrons. The van der Waals surface area contributed by atoms with Crippen LogP contribution >= 0.6 is 0 Å². The van der Waals surface area contributed by atoms with E-state index in [-0.39, 0.29) is 22.3 Å². The third-order valence-electron chi connectivity index (χ3n) is 5.15. The first-order valence-corrected chi connectivity index (χ1v) is 12.8. The van der Waals surface area contributed by atoms with Gasteiger partial charge in [0.15, 0.2) is 4.91 Å². The van der Waals surface area contributed by atoms with Crippen LogP contribution in [0, 0.1) is 5.92 Å². The number of rotatable bonds is 15. The molecule has 5 nitrogen and oxygen atoms in total. The zero-order valence-electron chi connectivity index (χ0n) is 19.1. The molecule has 1 aromatic rings. The van der Waals surface area contributed by atoms with Crippen LogP contribution in [-0.2, 0) is 19.4 Å². The summed E-state index contributed by atoms with van der Waals surface area (Å²) >= 11 is 0. The lowest BCUT2D eigenvalue weighted by Crippen LogP contribution is -2.28. The van der Waals surface area contributed by atoms with Gasteiger partial charge in [0, 0.05) is 6.54 Å². The van der Waals surface area contributed by atoms with Crippen LogP contribution in [0.1, 0.15) is 66.2 Å². The van der Waals surface area contributed by atoms with Gasteiger partial charge in [-0.2, -0.15) is 0 Å². The molecule has 1 rings (SSSR count). The number of carbonyl (C=O) groups excluding carboxylic acids is 1. The van der Waals surface area contributed by atoms with Crippen molar-refractivity contribution in [2.45, 2.75) is 71.1 Å². The average Bonchev–Trinajstić information content (AvgIpc) is 2.75. The topological polar surface area (TPSA) is 63.7 Å². The van der Waals surface area contributed by atoms with Gasteiger partial charge in [0.25, 0.3) is 0 Å². The van der Waals surface area contributed by atoms with E-state index in [4.69, 9.17) is 4.74 Å². The van der Waals surface area contributed by atoms with Crippen molar-refractivity contribution in [1.29, 1.82) is 0 Å². The number of unbranched alkanes of at least 4 members (excludes halogenated alkanes) is 5. The van der Waals surface area contributed by atoms with Crippen molar-refractivity contribution in [1.82, 2.24) is 4.90 Å². The first kappa shape index (κ1) is 26.4. The summed E-state index contributed by atoms with van der Waals surface area (Å²) in [5, 5.41) is 0. The third-order valence-corrected chi connectivity index (χ3v) is 6.93. The van der Waals surface area contributed by atoms with Gasteiger partial charge in [-0.25, -0.2) is 13.2 Å². The molecule has 0 aliphatic rings. The number of nitrogens with zero attached hydrogens (tertiary/aromatic N) is 1. The van der Waals surface area contributed by atoms with Crippen LogP contribution in [-0.4, -0.2) is 45.5 Å². The summed E-state index contributed by atoms with van der Waals surface area (Å²) < 4.78 is 31.7. The van der Waals surface area contributed by atoms with E-state index in [9.17, 15) is 13.2 Å². The largest absolute Gasteiger partial charge is 0.462 e. The summed E-state index contributed by atoms with van der Waals surface area (Å²) in [5.74, 6) is -0.848. The molecule has 0 N–H and O–H groups in total. The van der Waals surface area contributed by atoms with Crippen molar-refractivity contribution >= 4 is 15.8 Å². The highest BCUT2D eigenvalue weighted by Crippen LogP contribution is 2.22. The molecule has 6 heteroatoms. The van der Waals surface area contributed by atoms with Crippen LogP contribution in [0.25, 0.3) is 0 Å². The van der Waals surface area contributed by atoms with Crippen LogP contribution in [0.5, 0.6) is 0 Å². The highest BCUT2D eigenvalue weighted by Gasteiger charge is 2.29. The Labute approximate surface area is 183 Å². The van der Waals surface area contributed by atoms with Crippen molar-refractivity contribution in [3.63, 3.8) is 0 Å². The van der Waals surface area contributed by atoms with Crippen molar-refractivity contribution < 1.29 is 17.9 Å². The zero-order valence-corrected chi connectivity index (χ0v) is 19.9. The summed E-state index contributed by atoms with van der Waals surface area (Å²) in [6.45, 7) is 10.9. The van der Waals surface area contributed by atoms with Crippen LogP contribution < -0.4 is 0 Å². The van der Waals surface area contributed by atoms with Gasteiger partial charge in [0.2, 0.25) is 9.84 Å². The lowest BCUT2D eigenvalue weighted by atomic mass is 10.1. The Kier molecular flexibility index (Phi) is 12.6. The van der Waals surface area contributed by atoms with Crippen molar-refractivity contribution in [2.24, 2.45) is 5.92 Å². The fourth-order valence-electron chi connectivity index (χ4n) is 3.31. The van der Waals surface area contributed by atoms with E-state index >= 15 is 0 Å². The second-order valence-corrected chi connectivity index (χ2v) is 9.63. The maximum Gasteiger partial charge on any atom is 0.349 e. The second-order valence-electron chi connectivity index (χ2n) is 7.71. The van der Waals surface area contributed by atoms with Crippen LogP contribution in [0.4, 0.5) is 0 Å². The molecule has 0 bridgehead atoms. The molecule has 0 aliphatic carbocycles. The Bertz CT molecular complexity index is 740. The van der Waals surface area contributed by atoms with E-state index in [1.807, 2.05) is 6.92 Å². The molecule has 0 saturated carbocycles. The van der Waals surface area contributed by atoms with Gasteiger partial charge >= 0.3 is 5.97 Å². The molecule has 0 fully saturated rings. The lowest BCUT2D eigenvalue weighted by Gasteiger charge is -2.21. The normalized spacial score (nSPS) is 13.4. The molecule has 0 aliphatic heterocycles. The standard InChI is InChI=1S/C24H39NO4S/c1-5-8-9-10-11-15-18-29-24(26)23(19-21(4)20-25(6-2)7-3)30(27,28)22-16-13-12-14-17-22/h12-14,16-17,19,21H,5-11,15,18,20H2,1-4H3. The maximum atomic E-state index is 13.2. The minimum atomic E-state index is -3.93. The number of ether oxygens (including phenoxy) is 1. The van der Waals surface area contributed by atoms with E-state index in [1.165, 1.54) is 31.4 Å². The maximum absolute atomic E-state index is 13.2. The number of hydrogen-bond donors (Lipinski definition) is 0. The third kappa shape index (κ3) is 9.00. The molecule has 0 radical (unpaired) electrons. The van der Waals surface area contributed by atoms with Crippen molar-refractivity contribution in [3.8, 4) is 0 Å². The molecular formula is C24H39NO4S. The quantitative estimate of drug-likeness (QED) is 0.214. The van der Waals surface area contributed by atoms with Crippen LogP contribution in [0.2, 0.25) is 0 Å². The number of hydrogen-bond acceptors (Lipinski definition) is 5. The smallest absolute Gasteiger partial charge is 0.349 e. The monoisotopic (exact) mass is 437 g/mol. The average molecular weight is 438 g/mol. The van der Waals surface area contributed by atoms with E-state index in [0.29, 0.717) is 6.54 Å². The highest BCUT2D eigenvalue weighted by atomic mass is 32.2. The Morgan fingerprint density at radius 2 is 1.60 bits per heavy atom. The van der Waals surface area contributed by atoms with Gasteiger partial charge in [-0.05, 0) is 37.6 Å². The molecule has 1 atom stereocenters. The van der Waals surface area contributed by atoms with Gasteiger partial charge in [-0.15, -0.1) is 0 Å². The minimum Gasteiger partial charge on any atom is -0.462 e. The second kappa shape index (κ2) is 14.4. The number of sulfone groups is 1. The summed E-state index contributed by atoms with van der Waals surface area (Å²) in [4.78, 5) is 14.8. The zero-order chi connectivity index (χ0) is 22.4. The highest BCUT2D eigenvalue weighted by molar-refractivity contribution is 7.96. The van der Waals surface area contributed by atoms with Crippen LogP contribution in [0.3, 0.4) is 0 Å². The molecule has 0 spiro atoms. The van der Waals surface area contributed by atoms with Gasteiger partial charge in [-0.3, -0.25) is 0 Å². The SMILES string of the molecule is CCCCCCCCOC(=O)C(=CC(C)CN(CC)CC)S(=O)(=O)c1ccccc1. The first-order chi connectivity index (χ1) is 14.4. The summed E-state index contributed by atoms with van der Waals surface area (Å²) in [6, 6.07) is 8.09.